The van der Waals surface area contributed by atoms with E-state index in [1.807, 2.05) is 0 Å². The first kappa shape index (κ1) is 15.5. The van der Waals surface area contributed by atoms with E-state index in [1.165, 1.54) is 26.4 Å². The Morgan fingerprint density at radius 2 is 2.12 bits per heavy atom. The van der Waals surface area contributed by atoms with Gasteiger partial charge in [-0.3, -0.25) is 4.79 Å². The Hall–Kier alpha value is -1.46. The van der Waals surface area contributed by atoms with Gasteiger partial charge in [0.05, 0.1) is 20.6 Å². The summed E-state index contributed by atoms with van der Waals surface area (Å²) < 4.78 is 9.60. The molecule has 0 unspecified atom stereocenters. The van der Waals surface area contributed by atoms with Crippen molar-refractivity contribution in [3.05, 3.63) is 23.8 Å². The molecule has 0 aromatic heterocycles. The van der Waals surface area contributed by atoms with Gasteiger partial charge in [-0.15, -0.1) is 12.4 Å². The molecule has 0 saturated carbocycles. The lowest BCUT2D eigenvalue weighted by atomic mass is 10.0. The van der Waals surface area contributed by atoms with Crippen LogP contribution < -0.4 is 10.5 Å². The van der Waals surface area contributed by atoms with Gasteiger partial charge in [0.1, 0.15) is 11.5 Å². The van der Waals surface area contributed by atoms with E-state index >= 15 is 0 Å². The number of methoxy groups -OCH3 is 2. The molecule has 0 radical (unpaired) electrons. The third-order valence-corrected chi connectivity index (χ3v) is 2.23. The van der Waals surface area contributed by atoms with Gasteiger partial charge < -0.3 is 20.3 Å². The molecule has 0 aliphatic heterocycles. The van der Waals surface area contributed by atoms with Crippen molar-refractivity contribution < 1.29 is 19.4 Å². The summed E-state index contributed by atoms with van der Waals surface area (Å²) in [6.07, 6.45) is 0.0671. The molecule has 0 aliphatic carbocycles. The summed E-state index contributed by atoms with van der Waals surface area (Å²) in [7, 11) is 2.78. The molecule has 0 heterocycles. The minimum Gasteiger partial charge on any atom is -0.508 e. The summed E-state index contributed by atoms with van der Waals surface area (Å²) in [6.45, 7) is 0. The Bertz CT molecular complexity index is 384. The second-order valence-electron chi connectivity index (χ2n) is 3.31. The number of nitrogens with two attached hydrogens (primary N) is 1. The number of benzene rings is 1. The molecule has 17 heavy (non-hydrogen) atoms. The number of halogens is 1. The Morgan fingerprint density at radius 1 is 1.47 bits per heavy atom. The summed E-state index contributed by atoms with van der Waals surface area (Å²) in [6, 6.07) is 4.06. The van der Waals surface area contributed by atoms with E-state index in [9.17, 15) is 9.90 Å². The van der Waals surface area contributed by atoms with Gasteiger partial charge in [-0.2, -0.15) is 0 Å². The second-order valence-corrected chi connectivity index (χ2v) is 3.31. The number of aromatic hydroxyl groups is 1. The highest BCUT2D eigenvalue weighted by Crippen LogP contribution is 2.29. The van der Waals surface area contributed by atoms with Crippen molar-refractivity contribution in [3.8, 4) is 11.5 Å². The standard InChI is InChI=1S/C11H15NO4.ClH/c1-15-10-5-7(13)3-4-8(10)9(12)6-11(14)16-2;/h3-5,9,13H,6,12H2,1-2H3;1H/t9-;/m0./s1. The van der Waals surface area contributed by atoms with E-state index in [2.05, 4.69) is 4.74 Å². The quantitative estimate of drug-likeness (QED) is 0.801. The van der Waals surface area contributed by atoms with Crippen LogP contribution in [0.3, 0.4) is 0 Å². The molecule has 96 valence electrons. The van der Waals surface area contributed by atoms with Crippen LogP contribution in [0.25, 0.3) is 0 Å². The summed E-state index contributed by atoms with van der Waals surface area (Å²) in [4.78, 5) is 11.1. The molecule has 1 atom stereocenters. The molecular formula is C11H16ClNO4. The third kappa shape index (κ3) is 4.13. The number of carbonyl (C=O) groups excluding carboxylic acids is 1. The van der Waals surface area contributed by atoms with Crippen molar-refractivity contribution in [2.24, 2.45) is 5.73 Å². The normalized spacial score (nSPS) is 11.2. The van der Waals surface area contributed by atoms with Gasteiger partial charge in [-0.25, -0.2) is 0 Å². The molecule has 0 amide bonds. The number of carbonyl (C=O) groups is 1. The van der Waals surface area contributed by atoms with Gasteiger partial charge in [0, 0.05) is 17.7 Å². The minimum atomic E-state index is -0.511. The lowest BCUT2D eigenvalue weighted by molar-refractivity contribution is -0.141. The van der Waals surface area contributed by atoms with Crippen LogP contribution in [0.4, 0.5) is 0 Å². The van der Waals surface area contributed by atoms with Crippen LogP contribution in [0.2, 0.25) is 0 Å². The van der Waals surface area contributed by atoms with Gasteiger partial charge in [0.25, 0.3) is 0 Å². The zero-order chi connectivity index (χ0) is 12.1. The number of hydrogen-bond donors (Lipinski definition) is 2. The van der Waals surface area contributed by atoms with Crippen molar-refractivity contribution >= 4 is 18.4 Å². The largest absolute Gasteiger partial charge is 0.508 e. The third-order valence-electron chi connectivity index (χ3n) is 2.23. The van der Waals surface area contributed by atoms with E-state index in [-0.39, 0.29) is 30.5 Å². The molecule has 5 nitrogen and oxygen atoms in total. The van der Waals surface area contributed by atoms with Crippen molar-refractivity contribution in [3.63, 3.8) is 0 Å². The van der Waals surface area contributed by atoms with Crippen molar-refractivity contribution in [1.29, 1.82) is 0 Å². The molecule has 0 aliphatic rings. The van der Waals surface area contributed by atoms with Gasteiger partial charge in [0.15, 0.2) is 0 Å². The Morgan fingerprint density at radius 3 is 2.65 bits per heavy atom. The van der Waals surface area contributed by atoms with E-state index < -0.39 is 6.04 Å². The van der Waals surface area contributed by atoms with Crippen LogP contribution in [-0.4, -0.2) is 25.3 Å². The summed E-state index contributed by atoms with van der Waals surface area (Å²) in [5.41, 5.74) is 6.49. The van der Waals surface area contributed by atoms with E-state index in [1.54, 1.807) is 6.07 Å². The number of rotatable bonds is 4. The summed E-state index contributed by atoms with van der Waals surface area (Å²) >= 11 is 0. The van der Waals surface area contributed by atoms with Crippen LogP contribution in [0, 0.1) is 0 Å². The number of hydrogen-bond acceptors (Lipinski definition) is 5. The number of ether oxygens (including phenoxy) is 2. The maximum Gasteiger partial charge on any atom is 0.307 e. The molecule has 0 spiro atoms. The predicted octanol–water partition coefficient (Wildman–Crippen LogP) is 1.39. The summed E-state index contributed by atoms with van der Waals surface area (Å²) in [5.74, 6) is 0.157. The lowest BCUT2D eigenvalue weighted by Gasteiger charge is -2.14. The van der Waals surface area contributed by atoms with Crippen LogP contribution >= 0.6 is 12.4 Å². The molecule has 6 heteroatoms. The fourth-order valence-electron chi connectivity index (χ4n) is 1.38. The highest BCUT2D eigenvalue weighted by atomic mass is 35.5. The van der Waals surface area contributed by atoms with Crippen molar-refractivity contribution in [2.75, 3.05) is 14.2 Å². The highest BCUT2D eigenvalue weighted by molar-refractivity contribution is 5.85. The lowest BCUT2D eigenvalue weighted by Crippen LogP contribution is -2.17. The Balaban J connectivity index is 0.00000256. The van der Waals surface area contributed by atoms with Crippen LogP contribution in [0.5, 0.6) is 11.5 Å². The first-order chi connectivity index (χ1) is 7.58. The van der Waals surface area contributed by atoms with Gasteiger partial charge in [-0.05, 0) is 6.07 Å². The van der Waals surface area contributed by atoms with Crippen LogP contribution in [-0.2, 0) is 9.53 Å². The number of phenolic OH excluding ortho intramolecular Hbond substituents is 1. The van der Waals surface area contributed by atoms with E-state index in [0.29, 0.717) is 11.3 Å². The second kappa shape index (κ2) is 6.98. The zero-order valence-corrected chi connectivity index (χ0v) is 10.5. The number of phenols is 1. The summed E-state index contributed by atoms with van der Waals surface area (Å²) in [5, 5.41) is 9.27. The van der Waals surface area contributed by atoms with Gasteiger partial charge >= 0.3 is 5.97 Å². The Labute approximate surface area is 106 Å². The van der Waals surface area contributed by atoms with Gasteiger partial charge in [0.2, 0.25) is 0 Å². The predicted molar refractivity (Wildman–Crippen MR) is 65.5 cm³/mol. The monoisotopic (exact) mass is 261 g/mol. The van der Waals surface area contributed by atoms with Crippen LogP contribution in [0.1, 0.15) is 18.0 Å². The maximum atomic E-state index is 11.1. The first-order valence-electron chi connectivity index (χ1n) is 4.77. The molecule has 1 aromatic carbocycles. The molecule has 0 bridgehead atoms. The molecule has 0 fully saturated rings. The fraction of sp³-hybridized carbons (Fsp3) is 0.364. The average molecular weight is 262 g/mol. The van der Waals surface area contributed by atoms with E-state index in [4.69, 9.17) is 10.5 Å². The molecule has 1 aromatic rings. The maximum absolute atomic E-state index is 11.1. The SMILES string of the molecule is COC(=O)C[C@H](N)c1ccc(O)cc1OC.Cl. The Kier molecular flexibility index (Phi) is 6.38. The topological polar surface area (TPSA) is 81.8 Å². The average Bonchev–Trinajstić information content (AvgIpc) is 2.28. The zero-order valence-electron chi connectivity index (χ0n) is 9.67. The van der Waals surface area contributed by atoms with E-state index in [0.717, 1.165) is 0 Å². The highest BCUT2D eigenvalue weighted by Gasteiger charge is 2.16. The molecule has 0 saturated heterocycles. The van der Waals surface area contributed by atoms with Crippen LogP contribution in [0.15, 0.2) is 18.2 Å². The molecule has 3 N–H and O–H groups in total. The molecule has 1 rings (SSSR count). The van der Waals surface area contributed by atoms with Crippen molar-refractivity contribution in [1.82, 2.24) is 0 Å². The van der Waals surface area contributed by atoms with Gasteiger partial charge in [-0.1, -0.05) is 6.07 Å². The first-order valence-corrected chi connectivity index (χ1v) is 4.77. The minimum absolute atomic E-state index is 0. The number of esters is 1. The van der Waals surface area contributed by atoms with Crippen molar-refractivity contribution in [2.45, 2.75) is 12.5 Å². The molecular weight excluding hydrogens is 246 g/mol. The fourth-order valence-corrected chi connectivity index (χ4v) is 1.38. The smallest absolute Gasteiger partial charge is 0.307 e.